The van der Waals surface area contributed by atoms with Crippen LogP contribution in [-0.4, -0.2) is 34.1 Å². The van der Waals surface area contributed by atoms with Gasteiger partial charge in [0.1, 0.15) is 37.7 Å². The largest absolute Gasteiger partial charge is 0.491 e. The standard InChI is InChI=1S/C24H28ClN3O3/c1-17-5-10-21(22(25)11-17)24(14-28-16-26-15-27-28)30-13-20(31-24)12-29-19-8-6-18(7-9-19)23(2,3)4/h5-11,15-16,20H,12-14H2,1-4H3. The first-order valence-corrected chi connectivity index (χ1v) is 10.8. The molecule has 31 heavy (non-hydrogen) atoms. The van der Waals surface area contributed by atoms with Gasteiger partial charge in [-0.2, -0.15) is 5.10 Å². The van der Waals surface area contributed by atoms with Crippen molar-refractivity contribution in [2.45, 2.75) is 51.5 Å². The van der Waals surface area contributed by atoms with Gasteiger partial charge in [0.05, 0.1) is 6.61 Å². The highest BCUT2D eigenvalue weighted by Crippen LogP contribution is 2.40. The first-order valence-electron chi connectivity index (χ1n) is 10.4. The van der Waals surface area contributed by atoms with Crippen molar-refractivity contribution >= 4 is 11.6 Å². The number of ether oxygens (including phenoxy) is 3. The third-order valence-corrected chi connectivity index (χ3v) is 5.70. The van der Waals surface area contributed by atoms with Crippen LogP contribution in [0.15, 0.2) is 55.1 Å². The van der Waals surface area contributed by atoms with Gasteiger partial charge < -0.3 is 14.2 Å². The summed E-state index contributed by atoms with van der Waals surface area (Å²) in [6, 6.07) is 14.0. The Kier molecular flexibility index (Phi) is 6.06. The van der Waals surface area contributed by atoms with Crippen molar-refractivity contribution < 1.29 is 14.2 Å². The molecule has 0 spiro atoms. The van der Waals surface area contributed by atoms with E-state index in [2.05, 4.69) is 43.0 Å². The van der Waals surface area contributed by atoms with Gasteiger partial charge in [-0.05, 0) is 41.7 Å². The molecule has 0 aliphatic carbocycles. The van der Waals surface area contributed by atoms with Crippen LogP contribution in [0, 0.1) is 6.92 Å². The molecular formula is C24H28ClN3O3. The minimum atomic E-state index is -1.05. The van der Waals surface area contributed by atoms with E-state index in [0.29, 0.717) is 24.8 Å². The third kappa shape index (κ3) is 4.92. The molecular weight excluding hydrogens is 414 g/mol. The molecule has 2 heterocycles. The fourth-order valence-electron chi connectivity index (χ4n) is 3.65. The van der Waals surface area contributed by atoms with Crippen LogP contribution in [0.3, 0.4) is 0 Å². The Morgan fingerprint density at radius 2 is 1.97 bits per heavy atom. The van der Waals surface area contributed by atoms with Gasteiger partial charge >= 0.3 is 0 Å². The second-order valence-electron chi connectivity index (χ2n) is 8.97. The van der Waals surface area contributed by atoms with Crippen molar-refractivity contribution in [2.75, 3.05) is 13.2 Å². The summed E-state index contributed by atoms with van der Waals surface area (Å²) in [6.45, 7) is 9.67. The molecule has 1 aliphatic rings. The Labute approximate surface area is 188 Å². The minimum Gasteiger partial charge on any atom is -0.491 e. The van der Waals surface area contributed by atoms with E-state index in [9.17, 15) is 0 Å². The quantitative estimate of drug-likeness (QED) is 0.545. The number of benzene rings is 2. The summed E-state index contributed by atoms with van der Waals surface area (Å²) < 4.78 is 20.3. The maximum Gasteiger partial charge on any atom is 0.217 e. The summed E-state index contributed by atoms with van der Waals surface area (Å²) in [5.41, 5.74) is 3.21. The predicted molar refractivity (Wildman–Crippen MR) is 119 cm³/mol. The number of aromatic nitrogens is 3. The van der Waals surface area contributed by atoms with Crippen LogP contribution in [0.4, 0.5) is 0 Å². The summed E-state index contributed by atoms with van der Waals surface area (Å²) in [7, 11) is 0. The SMILES string of the molecule is Cc1ccc(C2(Cn3cncn3)OCC(COc3ccc(C(C)(C)C)cc3)O2)c(Cl)c1. The maximum atomic E-state index is 6.57. The smallest absolute Gasteiger partial charge is 0.217 e. The molecule has 0 saturated carbocycles. The van der Waals surface area contributed by atoms with Gasteiger partial charge in [0.25, 0.3) is 0 Å². The van der Waals surface area contributed by atoms with Gasteiger partial charge in [0, 0.05) is 10.6 Å². The summed E-state index contributed by atoms with van der Waals surface area (Å²) in [5.74, 6) is -0.249. The molecule has 2 aromatic carbocycles. The van der Waals surface area contributed by atoms with E-state index in [-0.39, 0.29) is 11.5 Å². The monoisotopic (exact) mass is 441 g/mol. The van der Waals surface area contributed by atoms with Crippen LogP contribution in [0.2, 0.25) is 5.02 Å². The lowest BCUT2D eigenvalue weighted by Gasteiger charge is -2.29. The molecule has 3 aromatic rings. The van der Waals surface area contributed by atoms with Gasteiger partial charge in [0.2, 0.25) is 5.79 Å². The van der Waals surface area contributed by atoms with Gasteiger partial charge in [-0.15, -0.1) is 0 Å². The first-order chi connectivity index (χ1) is 14.7. The van der Waals surface area contributed by atoms with Crippen LogP contribution < -0.4 is 4.74 Å². The normalized spacial score (nSPS) is 21.4. The highest BCUT2D eigenvalue weighted by Gasteiger charge is 2.45. The average Bonchev–Trinajstić information content (AvgIpc) is 3.37. The Hall–Kier alpha value is -2.41. The summed E-state index contributed by atoms with van der Waals surface area (Å²) in [4.78, 5) is 4.03. The van der Waals surface area contributed by atoms with Crippen LogP contribution in [0.1, 0.15) is 37.5 Å². The zero-order chi connectivity index (χ0) is 22.1. The van der Waals surface area contributed by atoms with E-state index in [1.165, 1.54) is 11.9 Å². The maximum absolute atomic E-state index is 6.57. The molecule has 164 valence electrons. The highest BCUT2D eigenvalue weighted by molar-refractivity contribution is 6.31. The Morgan fingerprint density at radius 1 is 1.19 bits per heavy atom. The van der Waals surface area contributed by atoms with Gasteiger partial charge in [-0.1, -0.05) is 56.6 Å². The van der Waals surface area contributed by atoms with Crippen molar-refractivity contribution in [1.82, 2.24) is 14.8 Å². The molecule has 1 saturated heterocycles. The van der Waals surface area contributed by atoms with E-state index in [1.54, 1.807) is 11.0 Å². The van der Waals surface area contributed by atoms with Gasteiger partial charge in [-0.3, -0.25) is 0 Å². The summed E-state index contributed by atoms with van der Waals surface area (Å²) >= 11 is 6.57. The van der Waals surface area contributed by atoms with Crippen molar-refractivity contribution in [3.05, 3.63) is 76.8 Å². The van der Waals surface area contributed by atoms with Crippen molar-refractivity contribution in [1.29, 1.82) is 0 Å². The summed E-state index contributed by atoms with van der Waals surface area (Å²) in [5, 5.41) is 4.81. The Morgan fingerprint density at radius 3 is 2.61 bits per heavy atom. The fourth-order valence-corrected chi connectivity index (χ4v) is 4.03. The first kappa shape index (κ1) is 21.8. The molecule has 7 heteroatoms. The number of halogens is 1. The van der Waals surface area contributed by atoms with E-state index >= 15 is 0 Å². The molecule has 0 radical (unpaired) electrons. The molecule has 0 N–H and O–H groups in total. The molecule has 2 atom stereocenters. The molecule has 0 amide bonds. The summed E-state index contributed by atoms with van der Waals surface area (Å²) in [6.07, 6.45) is 2.88. The van der Waals surface area contributed by atoms with E-state index in [1.807, 2.05) is 37.3 Å². The van der Waals surface area contributed by atoms with Crippen LogP contribution in [0.5, 0.6) is 5.75 Å². The number of nitrogens with zero attached hydrogens (tertiary/aromatic N) is 3. The lowest BCUT2D eigenvalue weighted by molar-refractivity contribution is -0.190. The van der Waals surface area contributed by atoms with Crippen LogP contribution in [0.25, 0.3) is 0 Å². The Balaban J connectivity index is 1.49. The molecule has 1 fully saturated rings. The fraction of sp³-hybridized carbons (Fsp3) is 0.417. The second-order valence-corrected chi connectivity index (χ2v) is 9.37. The second kappa shape index (κ2) is 8.61. The van der Waals surface area contributed by atoms with Gasteiger partial charge in [-0.25, -0.2) is 9.67 Å². The molecule has 1 aliphatic heterocycles. The predicted octanol–water partition coefficient (Wildman–Crippen LogP) is 4.88. The van der Waals surface area contributed by atoms with Crippen molar-refractivity contribution in [3.63, 3.8) is 0 Å². The van der Waals surface area contributed by atoms with Crippen LogP contribution >= 0.6 is 11.6 Å². The molecule has 2 unspecified atom stereocenters. The molecule has 6 nitrogen and oxygen atoms in total. The van der Waals surface area contributed by atoms with E-state index < -0.39 is 5.79 Å². The number of aryl methyl sites for hydroxylation is 1. The molecule has 1 aromatic heterocycles. The topological polar surface area (TPSA) is 58.4 Å². The Bertz CT molecular complexity index is 1020. The zero-order valence-corrected chi connectivity index (χ0v) is 19.1. The zero-order valence-electron chi connectivity index (χ0n) is 18.3. The van der Waals surface area contributed by atoms with Crippen molar-refractivity contribution in [3.8, 4) is 5.75 Å². The lowest BCUT2D eigenvalue weighted by Crippen LogP contribution is -2.35. The number of hydrogen-bond donors (Lipinski definition) is 0. The van der Waals surface area contributed by atoms with E-state index in [4.69, 9.17) is 25.8 Å². The minimum absolute atomic E-state index is 0.106. The average molecular weight is 442 g/mol. The number of hydrogen-bond acceptors (Lipinski definition) is 5. The molecule has 4 rings (SSSR count). The van der Waals surface area contributed by atoms with E-state index in [0.717, 1.165) is 16.9 Å². The van der Waals surface area contributed by atoms with Crippen LogP contribution in [-0.2, 0) is 27.2 Å². The highest BCUT2D eigenvalue weighted by atomic mass is 35.5. The molecule has 0 bridgehead atoms. The number of rotatable bonds is 6. The third-order valence-electron chi connectivity index (χ3n) is 5.39. The van der Waals surface area contributed by atoms with Crippen molar-refractivity contribution in [2.24, 2.45) is 0 Å². The van der Waals surface area contributed by atoms with Gasteiger partial charge in [0.15, 0.2) is 0 Å². The lowest BCUT2D eigenvalue weighted by atomic mass is 9.87.